The number of hydrogen-bond donors (Lipinski definition) is 1. The summed E-state index contributed by atoms with van der Waals surface area (Å²) in [5.41, 5.74) is 5.87. The molecule has 0 saturated heterocycles. The van der Waals surface area contributed by atoms with E-state index in [1.54, 1.807) is 0 Å². The Morgan fingerprint density at radius 2 is 2.00 bits per heavy atom. The molecule has 0 bridgehead atoms. The Kier molecular flexibility index (Phi) is 5.92. The average Bonchev–Trinajstić information content (AvgIpc) is 2.19. The number of ketones is 1. The van der Waals surface area contributed by atoms with Gasteiger partial charge in [0.1, 0.15) is 5.78 Å². The minimum absolute atomic E-state index is 0.103. The fraction of sp³-hybridized carbons (Fsp3) is 0.923. The first kappa shape index (κ1) is 12.7. The summed E-state index contributed by atoms with van der Waals surface area (Å²) in [4.78, 5) is 11.7. The molecule has 0 radical (unpaired) electrons. The third-order valence-corrected chi connectivity index (χ3v) is 3.39. The van der Waals surface area contributed by atoms with E-state index in [9.17, 15) is 4.79 Å². The molecular weight excluding hydrogens is 186 g/mol. The van der Waals surface area contributed by atoms with Gasteiger partial charge in [-0.05, 0) is 12.3 Å². The smallest absolute Gasteiger partial charge is 0.134 e. The second-order valence-corrected chi connectivity index (χ2v) is 5.00. The monoisotopic (exact) mass is 211 g/mol. The Labute approximate surface area is 93.6 Å². The van der Waals surface area contributed by atoms with Crippen LogP contribution in [0.3, 0.4) is 0 Å². The molecule has 1 aliphatic rings. The molecule has 0 spiro atoms. The molecule has 0 amide bonds. The molecule has 2 nitrogen and oxygen atoms in total. The summed E-state index contributed by atoms with van der Waals surface area (Å²) in [5.74, 6) is 1.06. The lowest BCUT2D eigenvalue weighted by Gasteiger charge is -2.21. The van der Waals surface area contributed by atoms with E-state index in [2.05, 4.69) is 6.92 Å². The summed E-state index contributed by atoms with van der Waals surface area (Å²) in [6, 6.07) is 0.103. The van der Waals surface area contributed by atoms with Gasteiger partial charge in [0.05, 0.1) is 0 Å². The van der Waals surface area contributed by atoms with Crippen LogP contribution in [0.2, 0.25) is 0 Å². The van der Waals surface area contributed by atoms with Crippen molar-refractivity contribution in [2.75, 3.05) is 0 Å². The van der Waals surface area contributed by atoms with Crippen molar-refractivity contribution in [2.45, 2.75) is 70.8 Å². The molecule has 15 heavy (non-hydrogen) atoms. The molecular formula is C13H25NO. The topological polar surface area (TPSA) is 43.1 Å². The van der Waals surface area contributed by atoms with Gasteiger partial charge < -0.3 is 5.73 Å². The maximum atomic E-state index is 11.7. The predicted molar refractivity (Wildman–Crippen MR) is 63.7 cm³/mol. The van der Waals surface area contributed by atoms with E-state index in [4.69, 9.17) is 5.73 Å². The highest BCUT2D eigenvalue weighted by atomic mass is 16.1. The fourth-order valence-electron chi connectivity index (χ4n) is 2.56. The van der Waals surface area contributed by atoms with Crippen LogP contribution in [0.5, 0.6) is 0 Å². The summed E-state index contributed by atoms with van der Waals surface area (Å²) in [5, 5.41) is 0. The lowest BCUT2D eigenvalue weighted by atomic mass is 9.85. The van der Waals surface area contributed by atoms with Gasteiger partial charge in [0.15, 0.2) is 0 Å². The normalized spacial score (nSPS) is 20.1. The SMILES string of the molecule is CCCC(N)CC(=O)CC1CCCCC1. The van der Waals surface area contributed by atoms with E-state index in [0.29, 0.717) is 18.1 Å². The van der Waals surface area contributed by atoms with Gasteiger partial charge in [0.25, 0.3) is 0 Å². The fourth-order valence-corrected chi connectivity index (χ4v) is 2.56. The molecule has 1 fully saturated rings. The highest BCUT2D eigenvalue weighted by Crippen LogP contribution is 2.26. The summed E-state index contributed by atoms with van der Waals surface area (Å²) in [6.45, 7) is 2.12. The molecule has 2 heteroatoms. The van der Waals surface area contributed by atoms with Crippen molar-refractivity contribution in [3.63, 3.8) is 0 Å². The van der Waals surface area contributed by atoms with Crippen LogP contribution in [-0.2, 0) is 4.79 Å². The molecule has 0 aliphatic heterocycles. The summed E-state index contributed by atoms with van der Waals surface area (Å²) in [6.07, 6.45) is 9.97. The molecule has 2 N–H and O–H groups in total. The molecule has 1 aliphatic carbocycles. The van der Waals surface area contributed by atoms with E-state index < -0.39 is 0 Å². The van der Waals surface area contributed by atoms with Gasteiger partial charge in [0.2, 0.25) is 0 Å². The molecule has 1 saturated carbocycles. The van der Waals surface area contributed by atoms with Gasteiger partial charge in [-0.3, -0.25) is 4.79 Å². The number of carbonyl (C=O) groups excluding carboxylic acids is 1. The Hall–Kier alpha value is -0.370. The maximum Gasteiger partial charge on any atom is 0.134 e. The summed E-state index contributed by atoms with van der Waals surface area (Å²) < 4.78 is 0. The van der Waals surface area contributed by atoms with E-state index in [1.165, 1.54) is 32.1 Å². The van der Waals surface area contributed by atoms with Crippen LogP contribution in [0.4, 0.5) is 0 Å². The van der Waals surface area contributed by atoms with E-state index in [-0.39, 0.29) is 6.04 Å². The number of carbonyl (C=O) groups is 1. The Morgan fingerprint density at radius 1 is 1.33 bits per heavy atom. The van der Waals surface area contributed by atoms with Gasteiger partial charge in [-0.1, -0.05) is 45.4 Å². The first-order valence-electron chi connectivity index (χ1n) is 6.49. The highest BCUT2D eigenvalue weighted by molar-refractivity contribution is 5.79. The van der Waals surface area contributed by atoms with Gasteiger partial charge in [0, 0.05) is 18.9 Å². The van der Waals surface area contributed by atoms with Crippen molar-refractivity contribution in [1.82, 2.24) is 0 Å². The summed E-state index contributed by atoms with van der Waals surface area (Å²) >= 11 is 0. The molecule has 88 valence electrons. The van der Waals surface area contributed by atoms with Crippen LogP contribution < -0.4 is 5.73 Å². The lowest BCUT2D eigenvalue weighted by molar-refractivity contribution is -0.120. The molecule has 0 heterocycles. The zero-order chi connectivity index (χ0) is 11.1. The van der Waals surface area contributed by atoms with Gasteiger partial charge in [-0.15, -0.1) is 0 Å². The van der Waals surface area contributed by atoms with E-state index in [0.717, 1.165) is 19.3 Å². The minimum Gasteiger partial charge on any atom is -0.327 e. The van der Waals surface area contributed by atoms with Crippen molar-refractivity contribution in [3.05, 3.63) is 0 Å². The molecule has 0 aromatic rings. The second kappa shape index (κ2) is 7.00. The van der Waals surface area contributed by atoms with E-state index >= 15 is 0 Å². The van der Waals surface area contributed by atoms with Crippen molar-refractivity contribution < 1.29 is 4.79 Å². The van der Waals surface area contributed by atoms with E-state index in [1.807, 2.05) is 0 Å². The molecule has 1 rings (SSSR count). The Bertz CT molecular complexity index is 185. The zero-order valence-corrected chi connectivity index (χ0v) is 10.0. The van der Waals surface area contributed by atoms with Crippen LogP contribution >= 0.6 is 0 Å². The third kappa shape index (κ3) is 5.31. The standard InChI is InChI=1S/C13H25NO/c1-2-6-12(14)10-13(15)9-11-7-4-3-5-8-11/h11-12H,2-10,14H2,1H3. The average molecular weight is 211 g/mol. The number of Topliss-reactive ketones (excluding diaryl/α,β-unsaturated/α-hetero) is 1. The largest absolute Gasteiger partial charge is 0.327 e. The quantitative estimate of drug-likeness (QED) is 0.733. The zero-order valence-electron chi connectivity index (χ0n) is 10.0. The van der Waals surface area contributed by atoms with Crippen LogP contribution in [0.25, 0.3) is 0 Å². The summed E-state index contributed by atoms with van der Waals surface area (Å²) in [7, 11) is 0. The Morgan fingerprint density at radius 3 is 2.60 bits per heavy atom. The molecule has 0 aromatic carbocycles. The second-order valence-electron chi connectivity index (χ2n) is 5.00. The van der Waals surface area contributed by atoms with Crippen LogP contribution in [0, 0.1) is 5.92 Å². The van der Waals surface area contributed by atoms with Gasteiger partial charge >= 0.3 is 0 Å². The highest BCUT2D eigenvalue weighted by Gasteiger charge is 2.18. The Balaban J connectivity index is 2.16. The maximum absolute atomic E-state index is 11.7. The van der Waals surface area contributed by atoms with Crippen molar-refractivity contribution >= 4 is 5.78 Å². The molecule has 0 aromatic heterocycles. The first-order valence-corrected chi connectivity index (χ1v) is 6.49. The number of nitrogens with two attached hydrogens (primary N) is 1. The van der Waals surface area contributed by atoms with Crippen molar-refractivity contribution in [2.24, 2.45) is 11.7 Å². The lowest BCUT2D eigenvalue weighted by Crippen LogP contribution is -2.24. The third-order valence-electron chi connectivity index (χ3n) is 3.39. The van der Waals surface area contributed by atoms with Crippen LogP contribution in [0.1, 0.15) is 64.7 Å². The van der Waals surface area contributed by atoms with Gasteiger partial charge in [-0.25, -0.2) is 0 Å². The van der Waals surface area contributed by atoms with Crippen molar-refractivity contribution in [1.29, 1.82) is 0 Å². The minimum atomic E-state index is 0.103. The van der Waals surface area contributed by atoms with Crippen molar-refractivity contribution in [3.8, 4) is 0 Å². The number of rotatable bonds is 6. The molecule has 1 atom stereocenters. The molecule has 1 unspecified atom stereocenters. The van der Waals surface area contributed by atoms with Crippen LogP contribution in [-0.4, -0.2) is 11.8 Å². The number of hydrogen-bond acceptors (Lipinski definition) is 2. The first-order chi connectivity index (χ1) is 7.22. The predicted octanol–water partition coefficient (Wildman–Crippen LogP) is 3.04. The van der Waals surface area contributed by atoms with Gasteiger partial charge in [-0.2, -0.15) is 0 Å². The van der Waals surface area contributed by atoms with Crippen LogP contribution in [0.15, 0.2) is 0 Å².